The molecule has 6 nitrogen and oxygen atoms in total. The fourth-order valence-electron chi connectivity index (χ4n) is 2.42. The predicted octanol–water partition coefficient (Wildman–Crippen LogP) is 1.20. The number of hydrogen-bond acceptors (Lipinski definition) is 6. The summed E-state index contributed by atoms with van der Waals surface area (Å²) in [6, 6.07) is -0.692. The average molecular weight is 276 g/mol. The molecule has 0 radical (unpaired) electrons. The van der Waals surface area contributed by atoms with Crippen molar-refractivity contribution in [3.63, 3.8) is 0 Å². The number of aromatic nitrogens is 3. The molecule has 0 bridgehead atoms. The van der Waals surface area contributed by atoms with Crippen molar-refractivity contribution in [3.05, 3.63) is 40.9 Å². The molecule has 3 rings (SSSR count). The van der Waals surface area contributed by atoms with Gasteiger partial charge in [-0.2, -0.15) is 0 Å². The highest BCUT2D eigenvalue weighted by Crippen LogP contribution is 2.38. The van der Waals surface area contributed by atoms with E-state index in [1.807, 2.05) is 5.38 Å². The van der Waals surface area contributed by atoms with Crippen LogP contribution < -0.4 is 5.32 Å². The van der Waals surface area contributed by atoms with Gasteiger partial charge < -0.3 is 5.11 Å². The fourth-order valence-corrected chi connectivity index (χ4v) is 3.01. The lowest BCUT2D eigenvalue weighted by Crippen LogP contribution is -2.32. The Bertz CT molecular complexity index is 560. The molecule has 2 aromatic rings. The smallest absolute Gasteiger partial charge is 0.320 e. The van der Waals surface area contributed by atoms with E-state index in [1.54, 1.807) is 24.1 Å². The van der Waals surface area contributed by atoms with Gasteiger partial charge in [0, 0.05) is 29.9 Å². The van der Waals surface area contributed by atoms with E-state index in [9.17, 15) is 9.90 Å². The summed E-state index contributed by atoms with van der Waals surface area (Å²) in [5, 5.41) is 14.2. The quantitative estimate of drug-likeness (QED) is 0.876. The second-order valence-electron chi connectivity index (χ2n) is 4.42. The Hall–Kier alpha value is -1.86. The normalized spacial score (nSPS) is 26.4. The van der Waals surface area contributed by atoms with Gasteiger partial charge in [0.1, 0.15) is 6.04 Å². The molecule has 1 aliphatic heterocycles. The number of nitrogens with one attached hydrogen (secondary N) is 1. The summed E-state index contributed by atoms with van der Waals surface area (Å²) in [6.07, 6.45) is 5.42. The van der Waals surface area contributed by atoms with Crippen molar-refractivity contribution < 1.29 is 9.90 Å². The lowest BCUT2D eigenvalue weighted by molar-refractivity contribution is -0.139. The maximum atomic E-state index is 11.2. The molecular weight excluding hydrogens is 264 g/mol. The maximum absolute atomic E-state index is 11.2. The Morgan fingerprint density at radius 2 is 2.26 bits per heavy atom. The zero-order valence-electron chi connectivity index (χ0n) is 9.93. The molecule has 2 N–H and O–H groups in total. The Labute approximate surface area is 113 Å². The number of thiazole rings is 1. The van der Waals surface area contributed by atoms with Crippen molar-refractivity contribution in [2.45, 2.75) is 24.4 Å². The van der Waals surface area contributed by atoms with Gasteiger partial charge in [0.2, 0.25) is 0 Å². The van der Waals surface area contributed by atoms with Gasteiger partial charge in [-0.1, -0.05) is 0 Å². The molecule has 1 aliphatic rings. The first kappa shape index (κ1) is 12.2. The van der Waals surface area contributed by atoms with Crippen molar-refractivity contribution in [2.24, 2.45) is 0 Å². The molecule has 2 aromatic heterocycles. The fraction of sp³-hybridized carbons (Fsp3) is 0.333. The summed E-state index contributed by atoms with van der Waals surface area (Å²) < 4.78 is 0. The van der Waals surface area contributed by atoms with Crippen LogP contribution in [0.1, 0.15) is 29.8 Å². The first-order valence-electron chi connectivity index (χ1n) is 5.88. The van der Waals surface area contributed by atoms with Crippen LogP contribution in [-0.4, -0.2) is 32.1 Å². The molecule has 0 spiro atoms. The third kappa shape index (κ3) is 2.34. The van der Waals surface area contributed by atoms with Crippen LogP contribution in [0, 0.1) is 0 Å². The predicted molar refractivity (Wildman–Crippen MR) is 68.8 cm³/mol. The lowest BCUT2D eigenvalue weighted by atomic mass is 9.94. The monoisotopic (exact) mass is 276 g/mol. The third-order valence-corrected chi connectivity index (χ3v) is 3.91. The number of hydrogen-bond donors (Lipinski definition) is 2. The van der Waals surface area contributed by atoms with Crippen molar-refractivity contribution in [2.75, 3.05) is 0 Å². The molecular formula is C12H12N4O2S. The van der Waals surface area contributed by atoms with E-state index in [0.29, 0.717) is 6.42 Å². The maximum Gasteiger partial charge on any atom is 0.320 e. The Morgan fingerprint density at radius 3 is 2.89 bits per heavy atom. The summed E-state index contributed by atoms with van der Waals surface area (Å²) in [6.45, 7) is 0. The molecule has 3 unspecified atom stereocenters. The summed E-state index contributed by atoms with van der Waals surface area (Å²) in [5.74, 6) is -0.858. The largest absolute Gasteiger partial charge is 0.480 e. The molecule has 0 aliphatic carbocycles. The molecule has 3 heterocycles. The van der Waals surface area contributed by atoms with Crippen LogP contribution in [0.15, 0.2) is 29.5 Å². The second-order valence-corrected chi connectivity index (χ2v) is 5.14. The Kier molecular flexibility index (Phi) is 3.22. The average Bonchev–Trinajstić information content (AvgIpc) is 3.08. The highest BCUT2D eigenvalue weighted by Gasteiger charge is 2.40. The van der Waals surface area contributed by atoms with Gasteiger partial charge >= 0.3 is 5.97 Å². The van der Waals surface area contributed by atoms with Gasteiger partial charge in [0.25, 0.3) is 0 Å². The van der Waals surface area contributed by atoms with Crippen LogP contribution in [0.3, 0.4) is 0 Å². The van der Waals surface area contributed by atoms with Crippen LogP contribution >= 0.6 is 11.3 Å². The van der Waals surface area contributed by atoms with E-state index in [1.165, 1.54) is 11.3 Å². The van der Waals surface area contributed by atoms with Crippen molar-refractivity contribution >= 4 is 17.3 Å². The molecule has 1 fully saturated rings. The van der Waals surface area contributed by atoms with E-state index >= 15 is 0 Å². The lowest BCUT2D eigenvalue weighted by Gasteiger charge is -2.16. The molecule has 0 aromatic carbocycles. The van der Waals surface area contributed by atoms with Crippen molar-refractivity contribution in [3.8, 4) is 0 Å². The molecule has 3 atom stereocenters. The third-order valence-electron chi connectivity index (χ3n) is 3.30. The van der Waals surface area contributed by atoms with Crippen LogP contribution in [0.2, 0.25) is 0 Å². The van der Waals surface area contributed by atoms with Gasteiger partial charge in [0.05, 0.1) is 22.9 Å². The summed E-state index contributed by atoms with van der Waals surface area (Å²) in [4.78, 5) is 23.8. The molecule has 98 valence electrons. The van der Waals surface area contributed by atoms with Crippen molar-refractivity contribution in [1.82, 2.24) is 20.3 Å². The molecule has 1 saturated heterocycles. The van der Waals surface area contributed by atoms with Gasteiger partial charge in [0.15, 0.2) is 0 Å². The summed E-state index contributed by atoms with van der Waals surface area (Å²) >= 11 is 1.50. The molecule has 0 saturated carbocycles. The van der Waals surface area contributed by atoms with E-state index in [4.69, 9.17) is 0 Å². The number of rotatable bonds is 3. The minimum absolute atomic E-state index is 0.0168. The van der Waals surface area contributed by atoms with Crippen LogP contribution in [0.5, 0.6) is 0 Å². The second kappa shape index (κ2) is 5.02. The van der Waals surface area contributed by atoms with E-state index in [0.717, 1.165) is 11.4 Å². The Balaban J connectivity index is 1.93. The number of carboxylic acids is 1. The number of carbonyl (C=O) groups is 1. The van der Waals surface area contributed by atoms with Crippen molar-refractivity contribution in [1.29, 1.82) is 0 Å². The van der Waals surface area contributed by atoms with Gasteiger partial charge in [-0.05, 0) is 6.42 Å². The van der Waals surface area contributed by atoms with E-state index in [2.05, 4.69) is 20.3 Å². The minimum Gasteiger partial charge on any atom is -0.480 e. The standard InChI is InChI=1S/C12H12N4O2S/c17-12(18)8-3-7(9-4-13-1-2-14-9)11(16-8)10-5-19-6-15-10/h1-2,4-8,11,16H,3H2,(H,17,18). The zero-order chi connectivity index (χ0) is 13.2. The SMILES string of the molecule is O=C(O)C1CC(c2cnccn2)C(c2cscn2)N1. The summed E-state index contributed by atoms with van der Waals surface area (Å²) in [7, 11) is 0. The number of carboxylic acid groups (broad SMARTS) is 1. The van der Waals surface area contributed by atoms with Gasteiger partial charge in [-0.3, -0.25) is 20.1 Å². The van der Waals surface area contributed by atoms with E-state index in [-0.39, 0.29) is 12.0 Å². The highest BCUT2D eigenvalue weighted by atomic mass is 32.1. The van der Waals surface area contributed by atoms with E-state index < -0.39 is 12.0 Å². The van der Waals surface area contributed by atoms with Gasteiger partial charge in [-0.25, -0.2) is 4.98 Å². The molecule has 0 amide bonds. The zero-order valence-corrected chi connectivity index (χ0v) is 10.7. The topological polar surface area (TPSA) is 88.0 Å². The highest BCUT2D eigenvalue weighted by molar-refractivity contribution is 7.07. The first-order valence-corrected chi connectivity index (χ1v) is 6.83. The number of aliphatic carboxylic acids is 1. The van der Waals surface area contributed by atoms with Crippen LogP contribution in [0.25, 0.3) is 0 Å². The van der Waals surface area contributed by atoms with Gasteiger partial charge in [-0.15, -0.1) is 11.3 Å². The molecule has 7 heteroatoms. The van der Waals surface area contributed by atoms with Crippen LogP contribution in [-0.2, 0) is 4.79 Å². The minimum atomic E-state index is -0.841. The summed E-state index contributed by atoms with van der Waals surface area (Å²) in [5.41, 5.74) is 3.42. The Morgan fingerprint density at radius 1 is 1.37 bits per heavy atom. The number of nitrogens with zero attached hydrogens (tertiary/aromatic N) is 3. The first-order chi connectivity index (χ1) is 9.25. The van der Waals surface area contributed by atoms with Crippen LogP contribution in [0.4, 0.5) is 0 Å². The molecule has 19 heavy (non-hydrogen) atoms.